The smallest absolute Gasteiger partial charge is 0.374 e. The van der Waals surface area contributed by atoms with Gasteiger partial charge in [0.1, 0.15) is 5.69 Å². The summed E-state index contributed by atoms with van der Waals surface area (Å²) in [6.45, 7) is 5.32. The van der Waals surface area contributed by atoms with Gasteiger partial charge in [-0.15, -0.1) is 0 Å². The average Bonchev–Trinajstić information content (AvgIpc) is 3.00. The quantitative estimate of drug-likeness (QED) is 0.928. The van der Waals surface area contributed by atoms with Gasteiger partial charge in [0.05, 0.1) is 0 Å². The monoisotopic (exact) mass is 301 g/mol. The molecule has 6 heteroatoms. The van der Waals surface area contributed by atoms with Crippen LogP contribution in [-0.2, 0) is 6.54 Å². The summed E-state index contributed by atoms with van der Waals surface area (Å²) < 4.78 is 4.78. The Labute approximate surface area is 128 Å². The van der Waals surface area contributed by atoms with Gasteiger partial charge in [-0.2, -0.15) is 0 Å². The van der Waals surface area contributed by atoms with Crippen LogP contribution in [0.5, 0.6) is 0 Å². The van der Waals surface area contributed by atoms with Crippen LogP contribution in [0, 0.1) is 0 Å². The molecule has 2 aromatic rings. The summed E-state index contributed by atoms with van der Waals surface area (Å²) in [5, 5.41) is 12.6. The molecule has 2 heterocycles. The topological polar surface area (TPSA) is 69.8 Å². The van der Waals surface area contributed by atoms with E-state index in [9.17, 15) is 4.79 Å². The van der Waals surface area contributed by atoms with Crippen LogP contribution < -0.4 is 0 Å². The molecular formula is C16H19N3O3. The minimum Gasteiger partial charge on any atom is -0.475 e. The van der Waals surface area contributed by atoms with E-state index in [0.29, 0.717) is 5.69 Å². The second kappa shape index (κ2) is 6.29. The van der Waals surface area contributed by atoms with Gasteiger partial charge in [0.25, 0.3) is 0 Å². The van der Waals surface area contributed by atoms with Gasteiger partial charge in [-0.25, -0.2) is 4.79 Å². The molecule has 6 nitrogen and oxygen atoms in total. The number of carboxylic acid groups (broad SMARTS) is 1. The van der Waals surface area contributed by atoms with Crippen LogP contribution in [0.1, 0.15) is 16.1 Å². The maximum absolute atomic E-state index is 10.8. The Kier molecular flexibility index (Phi) is 4.22. The first-order valence-electron chi connectivity index (χ1n) is 7.32. The Morgan fingerprint density at radius 1 is 1.23 bits per heavy atom. The lowest BCUT2D eigenvalue weighted by molar-refractivity contribution is 0.0652. The van der Waals surface area contributed by atoms with Gasteiger partial charge >= 0.3 is 5.97 Å². The predicted molar refractivity (Wildman–Crippen MR) is 81.7 cm³/mol. The summed E-state index contributed by atoms with van der Waals surface area (Å²) >= 11 is 0. The Balaban J connectivity index is 1.65. The molecule has 0 amide bonds. The molecule has 1 saturated heterocycles. The summed E-state index contributed by atoms with van der Waals surface area (Å²) in [7, 11) is 2.15. The maximum atomic E-state index is 10.8. The number of likely N-dealkylation sites (N-methyl/N-ethyl adjacent to an activating group) is 1. The zero-order valence-electron chi connectivity index (χ0n) is 12.5. The molecule has 1 aliphatic rings. The maximum Gasteiger partial charge on any atom is 0.374 e. The minimum atomic E-state index is -1.11. The van der Waals surface area contributed by atoms with Crippen molar-refractivity contribution in [2.75, 3.05) is 33.2 Å². The molecule has 116 valence electrons. The van der Waals surface area contributed by atoms with Crippen LogP contribution >= 0.6 is 0 Å². The van der Waals surface area contributed by atoms with Gasteiger partial charge in [0, 0.05) is 44.4 Å². The lowest BCUT2D eigenvalue weighted by Crippen LogP contribution is -2.43. The summed E-state index contributed by atoms with van der Waals surface area (Å²) in [4.78, 5) is 15.6. The Hall–Kier alpha value is -2.18. The third-order valence-corrected chi connectivity index (χ3v) is 3.97. The highest BCUT2D eigenvalue weighted by Crippen LogP contribution is 2.20. The molecule has 0 radical (unpaired) electrons. The van der Waals surface area contributed by atoms with E-state index in [1.807, 2.05) is 12.1 Å². The third-order valence-electron chi connectivity index (χ3n) is 3.97. The lowest BCUT2D eigenvalue weighted by atomic mass is 10.1. The Morgan fingerprint density at radius 3 is 2.50 bits per heavy atom. The van der Waals surface area contributed by atoms with E-state index in [1.54, 1.807) is 0 Å². The number of hydrogen-bond donors (Lipinski definition) is 1. The molecule has 22 heavy (non-hydrogen) atoms. The average molecular weight is 301 g/mol. The number of benzene rings is 1. The highest BCUT2D eigenvalue weighted by Gasteiger charge is 2.15. The molecule has 1 aromatic heterocycles. The highest BCUT2D eigenvalue weighted by atomic mass is 16.5. The summed E-state index contributed by atoms with van der Waals surface area (Å²) in [5.74, 6) is -1.25. The van der Waals surface area contributed by atoms with Gasteiger partial charge in [-0.05, 0) is 12.6 Å². The van der Waals surface area contributed by atoms with E-state index in [4.69, 9.17) is 9.63 Å². The molecule has 0 aliphatic carbocycles. The molecule has 1 N–H and O–H groups in total. The molecule has 1 aromatic carbocycles. The standard InChI is InChI=1S/C16H19N3O3/c1-18-6-8-19(9-7-18)11-12-2-4-13(5-3-12)14-10-15(16(20)21)22-17-14/h2-5,10H,6-9,11H2,1H3,(H,20,21). The first-order chi connectivity index (χ1) is 10.6. The van der Waals surface area contributed by atoms with Crippen molar-refractivity contribution in [2.45, 2.75) is 6.54 Å². The van der Waals surface area contributed by atoms with Gasteiger partial charge in [0.2, 0.25) is 5.76 Å². The molecule has 0 bridgehead atoms. The molecule has 1 fully saturated rings. The molecular weight excluding hydrogens is 282 g/mol. The fourth-order valence-corrected chi connectivity index (χ4v) is 2.56. The van der Waals surface area contributed by atoms with Crippen molar-refractivity contribution in [1.29, 1.82) is 0 Å². The zero-order valence-corrected chi connectivity index (χ0v) is 12.5. The fourth-order valence-electron chi connectivity index (χ4n) is 2.56. The van der Waals surface area contributed by atoms with Gasteiger partial charge in [-0.1, -0.05) is 29.4 Å². The van der Waals surface area contributed by atoms with E-state index in [1.165, 1.54) is 11.6 Å². The Morgan fingerprint density at radius 2 is 1.91 bits per heavy atom. The van der Waals surface area contributed by atoms with Crippen LogP contribution in [0.25, 0.3) is 11.3 Å². The van der Waals surface area contributed by atoms with E-state index < -0.39 is 5.97 Å². The van der Waals surface area contributed by atoms with Gasteiger partial charge in [-0.3, -0.25) is 4.90 Å². The predicted octanol–water partition coefficient (Wildman–Crippen LogP) is 1.79. The third kappa shape index (κ3) is 3.35. The largest absolute Gasteiger partial charge is 0.475 e. The van der Waals surface area contributed by atoms with Crippen molar-refractivity contribution in [3.8, 4) is 11.3 Å². The molecule has 0 saturated carbocycles. The van der Waals surface area contributed by atoms with Crippen molar-refractivity contribution >= 4 is 5.97 Å². The molecule has 0 spiro atoms. The normalized spacial score (nSPS) is 16.8. The van der Waals surface area contributed by atoms with Gasteiger partial charge < -0.3 is 14.5 Å². The molecule has 1 aliphatic heterocycles. The number of carbonyl (C=O) groups is 1. The van der Waals surface area contributed by atoms with Crippen molar-refractivity contribution in [2.24, 2.45) is 0 Å². The lowest BCUT2D eigenvalue weighted by Gasteiger charge is -2.32. The van der Waals surface area contributed by atoms with Crippen molar-refractivity contribution in [1.82, 2.24) is 15.0 Å². The second-order valence-electron chi connectivity index (χ2n) is 5.66. The number of aromatic nitrogens is 1. The van der Waals surface area contributed by atoms with Crippen LogP contribution in [0.4, 0.5) is 0 Å². The van der Waals surface area contributed by atoms with Gasteiger partial charge in [0.15, 0.2) is 0 Å². The Bertz CT molecular complexity index is 643. The number of rotatable bonds is 4. The number of aromatic carboxylic acids is 1. The van der Waals surface area contributed by atoms with Crippen LogP contribution in [0.3, 0.4) is 0 Å². The van der Waals surface area contributed by atoms with E-state index >= 15 is 0 Å². The van der Waals surface area contributed by atoms with E-state index in [2.05, 4.69) is 34.1 Å². The number of nitrogens with zero attached hydrogens (tertiary/aromatic N) is 3. The van der Waals surface area contributed by atoms with E-state index in [0.717, 1.165) is 38.3 Å². The highest BCUT2D eigenvalue weighted by molar-refractivity contribution is 5.85. The fraction of sp³-hybridized carbons (Fsp3) is 0.375. The first kappa shape index (κ1) is 14.7. The number of carboxylic acids is 1. The SMILES string of the molecule is CN1CCN(Cc2ccc(-c3cc(C(=O)O)on3)cc2)CC1. The first-order valence-corrected chi connectivity index (χ1v) is 7.32. The van der Waals surface area contributed by atoms with Crippen LogP contribution in [-0.4, -0.2) is 59.3 Å². The summed E-state index contributed by atoms with van der Waals surface area (Å²) in [5.41, 5.74) is 2.65. The minimum absolute atomic E-state index is 0.142. The van der Waals surface area contributed by atoms with Crippen LogP contribution in [0.2, 0.25) is 0 Å². The van der Waals surface area contributed by atoms with Crippen molar-refractivity contribution in [3.05, 3.63) is 41.7 Å². The number of hydrogen-bond acceptors (Lipinski definition) is 5. The van der Waals surface area contributed by atoms with Crippen LogP contribution in [0.15, 0.2) is 34.9 Å². The van der Waals surface area contributed by atoms with Crippen molar-refractivity contribution < 1.29 is 14.4 Å². The van der Waals surface area contributed by atoms with Crippen molar-refractivity contribution in [3.63, 3.8) is 0 Å². The molecule has 3 rings (SSSR count). The molecule has 0 unspecified atom stereocenters. The molecule has 0 atom stereocenters. The second-order valence-corrected chi connectivity index (χ2v) is 5.66. The summed E-state index contributed by atoms with van der Waals surface area (Å²) in [6, 6.07) is 9.47. The summed E-state index contributed by atoms with van der Waals surface area (Å²) in [6.07, 6.45) is 0. The van der Waals surface area contributed by atoms with E-state index in [-0.39, 0.29) is 5.76 Å². The zero-order chi connectivity index (χ0) is 15.5. The number of piperazine rings is 1.